The number of halogens is 2. The van der Waals surface area contributed by atoms with Crippen LogP contribution in [-0.4, -0.2) is 5.24 Å². The summed E-state index contributed by atoms with van der Waals surface area (Å²) in [5.41, 5.74) is 1.75. The minimum absolute atomic E-state index is 0.402. The lowest BCUT2D eigenvalue weighted by molar-refractivity contribution is 0.108. The van der Waals surface area contributed by atoms with Crippen molar-refractivity contribution < 1.29 is 4.79 Å². The monoisotopic (exact) mass is 305 g/mol. The van der Waals surface area contributed by atoms with Crippen molar-refractivity contribution >= 4 is 39.4 Å². The van der Waals surface area contributed by atoms with E-state index in [0.29, 0.717) is 14.7 Å². The molecule has 0 atom stereocenters. The average Bonchev–Trinajstić information content (AvgIpc) is 2.08. The standard InChI is InChI=1S/C9H5ClINO/c1-5-2-6(4-12)8(11)7(3-5)9(10)13/h2-3H,1H3. The van der Waals surface area contributed by atoms with Crippen molar-refractivity contribution in [2.45, 2.75) is 6.92 Å². The fourth-order valence-electron chi connectivity index (χ4n) is 0.993. The Morgan fingerprint density at radius 2 is 2.23 bits per heavy atom. The number of hydrogen-bond donors (Lipinski definition) is 0. The molecule has 0 aliphatic rings. The van der Waals surface area contributed by atoms with Crippen molar-refractivity contribution in [3.8, 4) is 6.07 Å². The summed E-state index contributed by atoms with van der Waals surface area (Å²) in [7, 11) is 0. The van der Waals surface area contributed by atoms with E-state index in [1.807, 2.05) is 35.6 Å². The fourth-order valence-corrected chi connectivity index (χ4v) is 1.98. The normalized spacial score (nSPS) is 9.38. The van der Waals surface area contributed by atoms with Crippen LogP contribution in [0.3, 0.4) is 0 Å². The molecule has 0 aliphatic carbocycles. The van der Waals surface area contributed by atoms with Crippen molar-refractivity contribution in [1.82, 2.24) is 0 Å². The Morgan fingerprint density at radius 1 is 1.62 bits per heavy atom. The number of rotatable bonds is 1. The summed E-state index contributed by atoms with van der Waals surface area (Å²) < 4.78 is 0.616. The topological polar surface area (TPSA) is 40.9 Å². The molecule has 1 aromatic rings. The average molecular weight is 306 g/mol. The lowest BCUT2D eigenvalue weighted by atomic mass is 10.1. The molecule has 13 heavy (non-hydrogen) atoms. The third-order valence-corrected chi connectivity index (χ3v) is 2.91. The van der Waals surface area contributed by atoms with E-state index in [0.717, 1.165) is 5.56 Å². The van der Waals surface area contributed by atoms with Gasteiger partial charge in [-0.3, -0.25) is 4.79 Å². The molecule has 0 spiro atoms. The highest BCUT2D eigenvalue weighted by Gasteiger charge is 2.11. The van der Waals surface area contributed by atoms with Crippen LogP contribution in [0.15, 0.2) is 12.1 Å². The number of carbonyl (C=O) groups excluding carboxylic acids is 1. The second-order valence-electron chi connectivity index (χ2n) is 2.56. The van der Waals surface area contributed by atoms with Gasteiger partial charge in [-0.2, -0.15) is 5.26 Å². The van der Waals surface area contributed by atoms with Crippen molar-refractivity contribution in [3.63, 3.8) is 0 Å². The van der Waals surface area contributed by atoms with E-state index in [-0.39, 0.29) is 0 Å². The second kappa shape index (κ2) is 4.07. The molecule has 1 rings (SSSR count). The summed E-state index contributed by atoms with van der Waals surface area (Å²) in [6.07, 6.45) is 0. The lowest BCUT2D eigenvalue weighted by Crippen LogP contribution is -1.97. The highest BCUT2D eigenvalue weighted by molar-refractivity contribution is 14.1. The van der Waals surface area contributed by atoms with Crippen LogP contribution in [-0.2, 0) is 0 Å². The molecule has 0 unspecified atom stereocenters. The zero-order valence-electron chi connectivity index (χ0n) is 6.77. The van der Waals surface area contributed by atoms with Crippen LogP contribution in [0.25, 0.3) is 0 Å². The summed E-state index contributed by atoms with van der Waals surface area (Å²) in [6.45, 7) is 1.82. The predicted octanol–water partition coefficient (Wildman–Crippen LogP) is 2.85. The molecule has 0 bridgehead atoms. The van der Waals surface area contributed by atoms with E-state index in [9.17, 15) is 4.79 Å². The largest absolute Gasteiger partial charge is 0.276 e. The molecule has 0 radical (unpaired) electrons. The van der Waals surface area contributed by atoms with Crippen LogP contribution in [0, 0.1) is 21.8 Å². The third kappa shape index (κ3) is 2.20. The van der Waals surface area contributed by atoms with Gasteiger partial charge in [0.2, 0.25) is 0 Å². The van der Waals surface area contributed by atoms with Gasteiger partial charge in [0.25, 0.3) is 5.24 Å². The number of aryl methyl sites for hydroxylation is 1. The van der Waals surface area contributed by atoms with Crippen LogP contribution in [0.1, 0.15) is 21.5 Å². The molecule has 0 heterocycles. The minimum Gasteiger partial charge on any atom is -0.276 e. The minimum atomic E-state index is -0.524. The molecule has 0 aromatic heterocycles. The molecule has 2 nitrogen and oxygen atoms in total. The van der Waals surface area contributed by atoms with Gasteiger partial charge in [-0.1, -0.05) is 0 Å². The maximum Gasteiger partial charge on any atom is 0.253 e. The summed E-state index contributed by atoms with van der Waals surface area (Å²) in [4.78, 5) is 10.9. The van der Waals surface area contributed by atoms with E-state index in [1.165, 1.54) is 0 Å². The third-order valence-electron chi connectivity index (χ3n) is 1.55. The van der Waals surface area contributed by atoms with Crippen molar-refractivity contribution in [2.75, 3.05) is 0 Å². The summed E-state index contributed by atoms with van der Waals surface area (Å²) >= 11 is 7.30. The highest BCUT2D eigenvalue weighted by atomic mass is 127. The number of nitrogens with zero attached hydrogens (tertiary/aromatic N) is 1. The fraction of sp³-hybridized carbons (Fsp3) is 0.111. The smallest absolute Gasteiger partial charge is 0.253 e. The molecule has 0 saturated carbocycles. The van der Waals surface area contributed by atoms with Gasteiger partial charge < -0.3 is 0 Å². The van der Waals surface area contributed by atoms with Gasteiger partial charge in [-0.15, -0.1) is 0 Å². The van der Waals surface area contributed by atoms with Gasteiger partial charge in [0.1, 0.15) is 6.07 Å². The molecule has 0 fully saturated rings. The molecular formula is C9H5ClINO. The summed E-state index contributed by atoms with van der Waals surface area (Å²) in [5.74, 6) is 0. The van der Waals surface area contributed by atoms with Gasteiger partial charge in [0.15, 0.2) is 0 Å². The first-order valence-electron chi connectivity index (χ1n) is 3.46. The Morgan fingerprint density at radius 3 is 2.69 bits per heavy atom. The number of nitriles is 1. The van der Waals surface area contributed by atoms with Gasteiger partial charge in [0.05, 0.1) is 5.56 Å². The second-order valence-corrected chi connectivity index (χ2v) is 3.98. The van der Waals surface area contributed by atoms with Gasteiger partial charge in [-0.05, 0) is 58.8 Å². The van der Waals surface area contributed by atoms with Crippen LogP contribution in [0.4, 0.5) is 0 Å². The van der Waals surface area contributed by atoms with Gasteiger partial charge >= 0.3 is 0 Å². The zero-order valence-corrected chi connectivity index (χ0v) is 9.68. The molecule has 0 saturated heterocycles. The molecule has 0 N–H and O–H groups in total. The first kappa shape index (κ1) is 10.5. The molecule has 1 aromatic carbocycles. The van der Waals surface area contributed by atoms with Crippen molar-refractivity contribution in [2.24, 2.45) is 0 Å². The predicted molar refractivity (Wildman–Crippen MR) is 58.8 cm³/mol. The van der Waals surface area contributed by atoms with Crippen LogP contribution >= 0.6 is 34.2 Å². The van der Waals surface area contributed by atoms with E-state index >= 15 is 0 Å². The van der Waals surface area contributed by atoms with Crippen molar-refractivity contribution in [3.05, 3.63) is 32.4 Å². The van der Waals surface area contributed by atoms with Crippen molar-refractivity contribution in [1.29, 1.82) is 5.26 Å². The van der Waals surface area contributed by atoms with Crippen LogP contribution in [0.2, 0.25) is 0 Å². The molecule has 4 heteroatoms. The van der Waals surface area contributed by atoms with E-state index in [1.54, 1.807) is 12.1 Å². The Labute approximate surface area is 94.6 Å². The van der Waals surface area contributed by atoms with Gasteiger partial charge in [0, 0.05) is 9.13 Å². The van der Waals surface area contributed by atoms with E-state index in [4.69, 9.17) is 16.9 Å². The molecule has 0 amide bonds. The first-order chi connectivity index (χ1) is 6.06. The SMILES string of the molecule is Cc1cc(C#N)c(I)c(C(=O)Cl)c1. The molecular weight excluding hydrogens is 300 g/mol. The Balaban J connectivity index is 3.47. The quantitative estimate of drug-likeness (QED) is 0.591. The van der Waals surface area contributed by atoms with Crippen LogP contribution in [0.5, 0.6) is 0 Å². The number of carbonyl (C=O) groups is 1. The van der Waals surface area contributed by atoms with E-state index < -0.39 is 5.24 Å². The lowest BCUT2D eigenvalue weighted by Gasteiger charge is -2.02. The number of hydrogen-bond acceptors (Lipinski definition) is 2. The zero-order chi connectivity index (χ0) is 10.0. The molecule has 0 aliphatic heterocycles. The highest BCUT2D eigenvalue weighted by Crippen LogP contribution is 2.20. The maximum atomic E-state index is 10.9. The van der Waals surface area contributed by atoms with Gasteiger partial charge in [-0.25, -0.2) is 0 Å². The first-order valence-corrected chi connectivity index (χ1v) is 4.92. The Kier molecular flexibility index (Phi) is 3.28. The number of benzene rings is 1. The summed E-state index contributed by atoms with van der Waals surface area (Å²) in [5, 5.41) is 8.22. The summed E-state index contributed by atoms with van der Waals surface area (Å²) in [6, 6.07) is 5.42. The Hall–Kier alpha value is -0.600. The van der Waals surface area contributed by atoms with Crippen LogP contribution < -0.4 is 0 Å². The van der Waals surface area contributed by atoms with E-state index in [2.05, 4.69) is 0 Å². The molecule has 66 valence electrons. The Bertz CT molecular complexity index is 409. The maximum absolute atomic E-state index is 10.9.